The van der Waals surface area contributed by atoms with Crippen LogP contribution in [0.15, 0.2) is 48.6 Å². The van der Waals surface area contributed by atoms with E-state index >= 15 is 0 Å². The second-order valence-electron chi connectivity index (χ2n) is 3.86. The average molecular weight is 203 g/mol. The highest BCUT2D eigenvalue weighted by atomic mass is 14.5. The van der Waals surface area contributed by atoms with Gasteiger partial charge in [-0.25, -0.2) is 0 Å². The second kappa shape index (κ2) is 8.25. The number of hydrogen-bond acceptors (Lipinski definition) is 1. The third-order valence-electron chi connectivity index (χ3n) is 2.61. The summed E-state index contributed by atoms with van der Waals surface area (Å²) in [5.74, 6) is 0.829. The van der Waals surface area contributed by atoms with Crippen molar-refractivity contribution >= 4 is 0 Å². The van der Waals surface area contributed by atoms with Crippen molar-refractivity contribution < 1.29 is 0 Å². The largest absolute Gasteiger partial charge is 0.327 e. The number of rotatable bonds is 5. The zero-order valence-electron chi connectivity index (χ0n) is 9.31. The zero-order valence-corrected chi connectivity index (χ0v) is 9.31. The maximum atomic E-state index is 5.31. The Morgan fingerprint density at radius 2 is 1.47 bits per heavy atom. The minimum Gasteiger partial charge on any atom is -0.327 e. The molecule has 0 aliphatic heterocycles. The molecular weight excluding hydrogens is 182 g/mol. The Hall–Kier alpha value is -1.08. The molecule has 0 spiro atoms. The second-order valence-corrected chi connectivity index (χ2v) is 3.86. The van der Waals surface area contributed by atoms with Crippen molar-refractivity contribution in [2.75, 3.05) is 6.54 Å². The first kappa shape index (κ1) is 12.0. The third-order valence-corrected chi connectivity index (χ3v) is 2.61. The van der Waals surface area contributed by atoms with Gasteiger partial charge in [-0.05, 0) is 18.8 Å². The Morgan fingerprint density at radius 1 is 0.867 bits per heavy atom. The summed E-state index contributed by atoms with van der Waals surface area (Å²) in [5.41, 5.74) is 5.31. The van der Waals surface area contributed by atoms with Gasteiger partial charge < -0.3 is 5.73 Å². The average Bonchev–Trinajstić information content (AvgIpc) is 2.75. The fourth-order valence-electron chi connectivity index (χ4n) is 1.78. The van der Waals surface area contributed by atoms with Gasteiger partial charge in [-0.15, -0.1) is 0 Å². The normalized spacial score (nSPS) is 19.5. The number of allylic oxidation sites excluding steroid dienone is 7. The van der Waals surface area contributed by atoms with Gasteiger partial charge >= 0.3 is 0 Å². The monoisotopic (exact) mass is 203 g/mol. The Morgan fingerprint density at radius 3 is 2.13 bits per heavy atom. The van der Waals surface area contributed by atoms with Crippen molar-refractivity contribution in [3.63, 3.8) is 0 Å². The Bertz CT molecular complexity index is 253. The first-order valence-corrected chi connectivity index (χ1v) is 5.80. The third kappa shape index (κ3) is 6.08. The fourth-order valence-corrected chi connectivity index (χ4v) is 1.78. The lowest BCUT2D eigenvalue weighted by atomic mass is 10.1. The van der Waals surface area contributed by atoms with E-state index in [1.807, 2.05) is 30.4 Å². The van der Waals surface area contributed by atoms with Gasteiger partial charge in [-0.3, -0.25) is 0 Å². The van der Waals surface area contributed by atoms with Crippen LogP contribution in [0.5, 0.6) is 0 Å². The van der Waals surface area contributed by atoms with Crippen molar-refractivity contribution in [3.05, 3.63) is 48.6 Å². The van der Waals surface area contributed by atoms with E-state index in [9.17, 15) is 0 Å². The summed E-state index contributed by atoms with van der Waals surface area (Å²) in [6, 6.07) is 0. The molecule has 0 radical (unpaired) electrons. The van der Waals surface area contributed by atoms with Crippen LogP contribution >= 0.6 is 0 Å². The molecule has 1 saturated carbocycles. The maximum absolute atomic E-state index is 5.31. The van der Waals surface area contributed by atoms with E-state index in [4.69, 9.17) is 5.73 Å². The van der Waals surface area contributed by atoms with E-state index in [1.165, 1.54) is 25.7 Å². The lowest BCUT2D eigenvalue weighted by molar-refractivity contribution is 0.686. The number of nitrogens with two attached hydrogens (primary N) is 1. The molecule has 1 aliphatic rings. The van der Waals surface area contributed by atoms with E-state index in [0.717, 1.165) is 5.92 Å². The summed E-state index contributed by atoms with van der Waals surface area (Å²) in [7, 11) is 0. The summed E-state index contributed by atoms with van der Waals surface area (Å²) >= 11 is 0. The van der Waals surface area contributed by atoms with Gasteiger partial charge in [0.05, 0.1) is 0 Å². The van der Waals surface area contributed by atoms with Gasteiger partial charge in [0.1, 0.15) is 0 Å². The molecular formula is C14H21N. The molecule has 0 unspecified atom stereocenters. The van der Waals surface area contributed by atoms with E-state index in [0.29, 0.717) is 6.54 Å². The highest BCUT2D eigenvalue weighted by Crippen LogP contribution is 2.25. The smallest absolute Gasteiger partial charge is 0.0109 e. The van der Waals surface area contributed by atoms with Crippen molar-refractivity contribution in [2.24, 2.45) is 11.7 Å². The molecule has 1 aliphatic carbocycles. The molecule has 0 bridgehead atoms. The first-order chi connectivity index (χ1) is 7.43. The molecule has 0 aromatic rings. The molecule has 2 N–H and O–H groups in total. The molecule has 0 saturated heterocycles. The van der Waals surface area contributed by atoms with Gasteiger partial charge in [-0.2, -0.15) is 0 Å². The molecule has 82 valence electrons. The fraction of sp³-hybridized carbons (Fsp3) is 0.429. The topological polar surface area (TPSA) is 26.0 Å². The lowest BCUT2D eigenvalue weighted by Crippen LogP contribution is -1.91. The summed E-state index contributed by atoms with van der Waals surface area (Å²) in [6.07, 6.45) is 22.1. The van der Waals surface area contributed by atoms with Crippen LogP contribution < -0.4 is 5.73 Å². The standard InChI is InChI=1S/C14H21N/c15-13-9-5-3-1-2-4-6-10-14-11-7-8-12-14/h1-6,9-10,14H,7-8,11-13,15H2/b3-1+,4-2+,9-5+,10-6+. The Labute approximate surface area is 93.1 Å². The molecule has 0 atom stereocenters. The van der Waals surface area contributed by atoms with E-state index in [-0.39, 0.29) is 0 Å². The highest BCUT2D eigenvalue weighted by molar-refractivity contribution is 5.16. The lowest BCUT2D eigenvalue weighted by Gasteiger charge is -1.97. The van der Waals surface area contributed by atoms with E-state index in [1.54, 1.807) is 0 Å². The first-order valence-electron chi connectivity index (χ1n) is 5.80. The molecule has 0 amide bonds. The van der Waals surface area contributed by atoms with Crippen LogP contribution in [0.1, 0.15) is 25.7 Å². The highest BCUT2D eigenvalue weighted by Gasteiger charge is 2.10. The molecule has 15 heavy (non-hydrogen) atoms. The Balaban J connectivity index is 2.15. The van der Waals surface area contributed by atoms with Gasteiger partial charge in [0.15, 0.2) is 0 Å². The van der Waals surface area contributed by atoms with Crippen LogP contribution in [0.4, 0.5) is 0 Å². The van der Waals surface area contributed by atoms with Crippen LogP contribution in [0.25, 0.3) is 0 Å². The summed E-state index contributed by atoms with van der Waals surface area (Å²) in [4.78, 5) is 0. The van der Waals surface area contributed by atoms with E-state index < -0.39 is 0 Å². The molecule has 1 fully saturated rings. The van der Waals surface area contributed by atoms with E-state index in [2.05, 4.69) is 18.2 Å². The molecule has 0 heterocycles. The van der Waals surface area contributed by atoms with Crippen molar-refractivity contribution in [1.82, 2.24) is 0 Å². The van der Waals surface area contributed by atoms with Crippen LogP contribution in [0, 0.1) is 5.92 Å². The van der Waals surface area contributed by atoms with Crippen molar-refractivity contribution in [2.45, 2.75) is 25.7 Å². The molecule has 1 heteroatoms. The molecule has 1 rings (SSSR count). The molecule has 0 aromatic heterocycles. The number of hydrogen-bond donors (Lipinski definition) is 1. The van der Waals surface area contributed by atoms with Gasteiger partial charge in [-0.1, -0.05) is 61.4 Å². The van der Waals surface area contributed by atoms with Gasteiger partial charge in [0.2, 0.25) is 0 Å². The van der Waals surface area contributed by atoms with Crippen molar-refractivity contribution in [3.8, 4) is 0 Å². The molecule has 0 aromatic carbocycles. The maximum Gasteiger partial charge on any atom is 0.0109 e. The predicted molar refractivity (Wildman–Crippen MR) is 67.6 cm³/mol. The van der Waals surface area contributed by atoms with Crippen LogP contribution in [0.3, 0.4) is 0 Å². The van der Waals surface area contributed by atoms with Crippen LogP contribution in [0.2, 0.25) is 0 Å². The minimum absolute atomic E-state index is 0.607. The predicted octanol–water partition coefficient (Wildman–Crippen LogP) is 3.36. The van der Waals surface area contributed by atoms with Gasteiger partial charge in [0, 0.05) is 6.54 Å². The van der Waals surface area contributed by atoms with Crippen LogP contribution in [-0.2, 0) is 0 Å². The Kier molecular flexibility index (Phi) is 6.59. The quantitative estimate of drug-likeness (QED) is 0.681. The zero-order chi connectivity index (χ0) is 10.8. The van der Waals surface area contributed by atoms with Crippen molar-refractivity contribution in [1.29, 1.82) is 0 Å². The summed E-state index contributed by atoms with van der Waals surface area (Å²) < 4.78 is 0. The summed E-state index contributed by atoms with van der Waals surface area (Å²) in [6.45, 7) is 0.607. The molecule has 1 nitrogen and oxygen atoms in total. The van der Waals surface area contributed by atoms with Crippen LogP contribution in [-0.4, -0.2) is 6.54 Å². The summed E-state index contributed by atoms with van der Waals surface area (Å²) in [5, 5.41) is 0. The SMILES string of the molecule is NC/C=C/C=C/C=C/C=C/C1CCCC1. The van der Waals surface area contributed by atoms with Gasteiger partial charge in [0.25, 0.3) is 0 Å². The minimum atomic E-state index is 0.607.